The van der Waals surface area contributed by atoms with Crippen molar-refractivity contribution >= 4 is 23.1 Å². The largest absolute Gasteiger partial charge is 0.427 e. The van der Waals surface area contributed by atoms with Crippen LogP contribution in [-0.4, -0.2) is 11.8 Å². The third kappa shape index (κ3) is 3.90. The van der Waals surface area contributed by atoms with Crippen LogP contribution >= 0.6 is 0 Å². The summed E-state index contributed by atoms with van der Waals surface area (Å²) in [5, 5.41) is 7.07. The number of hydrogen-bond donors (Lipinski definition) is 2. The molecular weight excluding hydrogens is 364 g/mol. The molecule has 2 N–H and O–H groups in total. The van der Waals surface area contributed by atoms with Gasteiger partial charge in [-0.2, -0.15) is 0 Å². The number of benzene rings is 2. The number of fused-ring (bicyclic) bond motifs is 1. The fraction of sp³-hybridized carbons (Fsp3) is 0.333. The van der Waals surface area contributed by atoms with Crippen molar-refractivity contribution in [2.45, 2.75) is 46.1 Å². The SMILES string of the molecule is CCC(=O)Oc1ccc(C2Nc3ccccc3NC3=C2C(=O)CC(C)(C)C3)cc1. The van der Waals surface area contributed by atoms with Crippen LogP contribution in [0, 0.1) is 5.41 Å². The minimum atomic E-state index is -0.266. The minimum absolute atomic E-state index is 0.0784. The summed E-state index contributed by atoms with van der Waals surface area (Å²) in [4.78, 5) is 24.7. The Labute approximate surface area is 171 Å². The summed E-state index contributed by atoms with van der Waals surface area (Å²) in [6.07, 6.45) is 1.66. The normalized spacial score (nSPS) is 20.0. The quantitative estimate of drug-likeness (QED) is 0.555. The van der Waals surface area contributed by atoms with Crippen LogP contribution in [-0.2, 0) is 9.59 Å². The molecule has 4 rings (SSSR count). The van der Waals surface area contributed by atoms with Crippen molar-refractivity contribution in [3.05, 3.63) is 65.4 Å². The van der Waals surface area contributed by atoms with Crippen molar-refractivity contribution in [2.24, 2.45) is 5.41 Å². The van der Waals surface area contributed by atoms with E-state index in [1.807, 2.05) is 36.4 Å². The number of ketones is 1. The molecule has 0 saturated heterocycles. The number of anilines is 2. The van der Waals surface area contributed by atoms with Gasteiger partial charge in [0.1, 0.15) is 5.75 Å². The Morgan fingerprint density at radius 3 is 2.45 bits per heavy atom. The Hall–Kier alpha value is -3.08. The second-order valence-electron chi connectivity index (χ2n) is 8.48. The number of nitrogens with one attached hydrogen (secondary N) is 2. The number of carbonyl (C=O) groups is 2. The molecule has 0 radical (unpaired) electrons. The second-order valence-corrected chi connectivity index (χ2v) is 8.48. The summed E-state index contributed by atoms with van der Waals surface area (Å²) in [5.41, 5.74) is 4.58. The number of carbonyl (C=O) groups excluding carboxylic acids is 2. The first-order chi connectivity index (χ1) is 13.9. The molecule has 5 heteroatoms. The number of allylic oxidation sites excluding steroid dienone is 1. The Balaban J connectivity index is 1.76. The average molecular weight is 390 g/mol. The molecule has 150 valence electrons. The van der Waals surface area contributed by atoms with E-state index in [2.05, 4.69) is 24.5 Å². The maximum absolute atomic E-state index is 13.2. The van der Waals surface area contributed by atoms with Crippen LogP contribution in [0.2, 0.25) is 0 Å². The molecule has 0 bridgehead atoms. The molecular formula is C24H26N2O3. The number of esters is 1. The zero-order valence-corrected chi connectivity index (χ0v) is 17.0. The van der Waals surface area contributed by atoms with Crippen LogP contribution < -0.4 is 15.4 Å². The van der Waals surface area contributed by atoms with Gasteiger partial charge in [0.05, 0.1) is 17.4 Å². The highest BCUT2D eigenvalue weighted by atomic mass is 16.5. The molecule has 0 amide bonds. The second kappa shape index (κ2) is 7.39. The molecule has 5 nitrogen and oxygen atoms in total. The molecule has 0 aromatic heterocycles. The molecule has 0 spiro atoms. The lowest BCUT2D eigenvalue weighted by Crippen LogP contribution is -2.31. The summed E-state index contributed by atoms with van der Waals surface area (Å²) in [5.74, 6) is 0.409. The van der Waals surface area contributed by atoms with Gasteiger partial charge in [-0.15, -0.1) is 0 Å². The van der Waals surface area contributed by atoms with Crippen molar-refractivity contribution in [2.75, 3.05) is 10.6 Å². The Morgan fingerprint density at radius 1 is 1.07 bits per heavy atom. The average Bonchev–Trinajstić information content (AvgIpc) is 2.84. The van der Waals surface area contributed by atoms with Crippen molar-refractivity contribution in [3.8, 4) is 5.75 Å². The number of hydrogen-bond acceptors (Lipinski definition) is 5. The molecule has 1 atom stereocenters. The van der Waals surface area contributed by atoms with Crippen molar-refractivity contribution in [1.29, 1.82) is 0 Å². The van der Waals surface area contributed by atoms with Gasteiger partial charge in [-0.1, -0.05) is 45.0 Å². The van der Waals surface area contributed by atoms with Gasteiger partial charge in [0.2, 0.25) is 0 Å². The van der Waals surface area contributed by atoms with Gasteiger partial charge >= 0.3 is 5.97 Å². The highest BCUT2D eigenvalue weighted by molar-refractivity contribution is 6.01. The molecule has 1 aliphatic carbocycles. The van der Waals surface area contributed by atoms with Crippen LogP contribution in [0.3, 0.4) is 0 Å². The highest BCUT2D eigenvalue weighted by Crippen LogP contribution is 2.45. The molecule has 1 heterocycles. The predicted octanol–water partition coefficient (Wildman–Crippen LogP) is 5.22. The molecule has 2 aromatic rings. The summed E-state index contributed by atoms with van der Waals surface area (Å²) < 4.78 is 5.29. The summed E-state index contributed by atoms with van der Waals surface area (Å²) >= 11 is 0. The molecule has 1 aliphatic heterocycles. The lowest BCUT2D eigenvalue weighted by Gasteiger charge is -2.34. The van der Waals surface area contributed by atoms with Crippen LogP contribution in [0.1, 0.15) is 51.6 Å². The van der Waals surface area contributed by atoms with Gasteiger partial charge < -0.3 is 15.4 Å². The molecule has 1 unspecified atom stereocenters. The van der Waals surface area contributed by atoms with Gasteiger partial charge in [-0.05, 0) is 41.7 Å². The van der Waals surface area contributed by atoms with Crippen LogP contribution in [0.15, 0.2) is 59.8 Å². The first-order valence-electron chi connectivity index (χ1n) is 10.1. The van der Waals surface area contributed by atoms with Crippen molar-refractivity contribution in [1.82, 2.24) is 0 Å². The van der Waals surface area contributed by atoms with E-state index in [0.717, 1.165) is 34.6 Å². The third-order valence-electron chi connectivity index (χ3n) is 5.45. The van der Waals surface area contributed by atoms with Gasteiger partial charge in [0, 0.05) is 24.1 Å². The van der Waals surface area contributed by atoms with Gasteiger partial charge in [0.25, 0.3) is 0 Å². The molecule has 29 heavy (non-hydrogen) atoms. The van der Waals surface area contributed by atoms with Crippen LogP contribution in [0.5, 0.6) is 5.75 Å². The minimum Gasteiger partial charge on any atom is -0.427 e. The van der Waals surface area contributed by atoms with Crippen LogP contribution in [0.4, 0.5) is 11.4 Å². The van der Waals surface area contributed by atoms with E-state index in [4.69, 9.17) is 4.74 Å². The Morgan fingerprint density at radius 2 is 1.76 bits per heavy atom. The monoisotopic (exact) mass is 390 g/mol. The summed E-state index contributed by atoms with van der Waals surface area (Å²) in [6.45, 7) is 6.03. The fourth-order valence-corrected chi connectivity index (χ4v) is 4.07. The predicted molar refractivity (Wildman–Crippen MR) is 114 cm³/mol. The Kier molecular flexibility index (Phi) is 4.91. The zero-order chi connectivity index (χ0) is 20.6. The summed E-state index contributed by atoms with van der Waals surface area (Å²) in [7, 11) is 0. The van der Waals surface area contributed by atoms with Gasteiger partial charge in [-0.3, -0.25) is 9.59 Å². The van der Waals surface area contributed by atoms with E-state index in [0.29, 0.717) is 18.6 Å². The van der Waals surface area contributed by atoms with E-state index < -0.39 is 0 Å². The first-order valence-corrected chi connectivity index (χ1v) is 10.1. The summed E-state index contributed by atoms with van der Waals surface area (Å²) in [6, 6.07) is 15.1. The smallest absolute Gasteiger partial charge is 0.310 e. The number of ether oxygens (including phenoxy) is 1. The van der Waals surface area contributed by atoms with E-state index in [-0.39, 0.29) is 23.2 Å². The molecule has 2 aliphatic rings. The number of Topliss-reactive ketones (excluding diaryl/α,β-unsaturated/α-hetero) is 1. The van der Waals surface area contributed by atoms with E-state index in [9.17, 15) is 9.59 Å². The lowest BCUT2D eigenvalue weighted by atomic mass is 9.73. The maximum atomic E-state index is 13.2. The first kappa shape index (κ1) is 19.2. The Bertz CT molecular complexity index is 989. The lowest BCUT2D eigenvalue weighted by molar-refractivity contribution is -0.134. The highest BCUT2D eigenvalue weighted by Gasteiger charge is 2.38. The topological polar surface area (TPSA) is 67.4 Å². The number of para-hydroxylation sites is 2. The van der Waals surface area contributed by atoms with Crippen molar-refractivity contribution < 1.29 is 14.3 Å². The number of rotatable bonds is 3. The van der Waals surface area contributed by atoms with Crippen LogP contribution in [0.25, 0.3) is 0 Å². The fourth-order valence-electron chi connectivity index (χ4n) is 4.07. The maximum Gasteiger partial charge on any atom is 0.310 e. The standard InChI is InChI=1S/C24H26N2O3/c1-4-21(28)29-16-11-9-15(10-12-16)23-22-19(13-24(2,3)14-20(22)27)25-17-7-5-6-8-18(17)26-23/h5-12,23,25-26H,4,13-14H2,1-3H3. The van der Waals surface area contributed by atoms with E-state index in [1.54, 1.807) is 19.1 Å². The molecule has 2 aromatic carbocycles. The third-order valence-corrected chi connectivity index (χ3v) is 5.45. The molecule has 0 fully saturated rings. The van der Waals surface area contributed by atoms with E-state index in [1.165, 1.54) is 0 Å². The van der Waals surface area contributed by atoms with Gasteiger partial charge in [0.15, 0.2) is 5.78 Å². The zero-order valence-electron chi connectivity index (χ0n) is 17.0. The van der Waals surface area contributed by atoms with E-state index >= 15 is 0 Å². The van der Waals surface area contributed by atoms with Gasteiger partial charge in [-0.25, -0.2) is 0 Å². The van der Waals surface area contributed by atoms with Crippen molar-refractivity contribution in [3.63, 3.8) is 0 Å². The molecule has 0 saturated carbocycles.